The van der Waals surface area contributed by atoms with Crippen LogP contribution in [0.2, 0.25) is 0 Å². The molecule has 0 saturated carbocycles. The summed E-state index contributed by atoms with van der Waals surface area (Å²) in [6.45, 7) is 5.39. The number of esters is 1. The van der Waals surface area contributed by atoms with Crippen molar-refractivity contribution in [3.8, 4) is 0 Å². The van der Waals surface area contributed by atoms with E-state index < -0.39 is 23.7 Å². The van der Waals surface area contributed by atoms with E-state index >= 15 is 0 Å². The summed E-state index contributed by atoms with van der Waals surface area (Å²) in [5, 5.41) is 5.14. The third-order valence-corrected chi connectivity index (χ3v) is 5.71. The van der Waals surface area contributed by atoms with Gasteiger partial charge >= 0.3 is 12.1 Å². The van der Waals surface area contributed by atoms with E-state index in [-0.39, 0.29) is 49.3 Å². The zero-order valence-electron chi connectivity index (χ0n) is 22.9. The molecule has 11 nitrogen and oxygen atoms in total. The molecule has 1 aliphatic rings. The second kappa shape index (κ2) is 14.8. The van der Waals surface area contributed by atoms with Gasteiger partial charge in [0.2, 0.25) is 5.91 Å². The van der Waals surface area contributed by atoms with Gasteiger partial charge in [-0.05, 0) is 44.7 Å². The van der Waals surface area contributed by atoms with Crippen LogP contribution in [-0.4, -0.2) is 72.3 Å². The number of hydrogen-bond donors (Lipinski definition) is 2. The summed E-state index contributed by atoms with van der Waals surface area (Å²) < 4.78 is 10.00. The van der Waals surface area contributed by atoms with Gasteiger partial charge in [0.25, 0.3) is 11.8 Å². The Bertz CT molecular complexity index is 1070. The number of carbonyl (C=O) groups is 6. The third-order valence-electron chi connectivity index (χ3n) is 5.71. The number of Topliss-reactive ketones (excluding diaryl/α,β-unsaturated/α-hetero) is 1. The molecule has 0 bridgehead atoms. The Hall–Kier alpha value is -4.02. The summed E-state index contributed by atoms with van der Waals surface area (Å²) in [6, 6.07) is 6.08. The second-order valence-corrected chi connectivity index (χ2v) is 10.2. The van der Waals surface area contributed by atoms with Crippen LogP contribution in [0.4, 0.5) is 4.79 Å². The van der Waals surface area contributed by atoms with Gasteiger partial charge in [0, 0.05) is 38.0 Å². The van der Waals surface area contributed by atoms with Crippen molar-refractivity contribution in [1.29, 1.82) is 0 Å². The lowest BCUT2D eigenvalue weighted by atomic mass is 10.0. The van der Waals surface area contributed by atoms with Crippen LogP contribution in [0, 0.1) is 0 Å². The molecule has 0 radical (unpaired) electrons. The largest absolute Gasteiger partial charge is 0.467 e. The number of rotatable bonds is 14. The molecule has 0 fully saturated rings. The van der Waals surface area contributed by atoms with Crippen molar-refractivity contribution in [2.75, 3.05) is 20.2 Å². The number of ether oxygens (including phenoxy) is 2. The molecule has 0 spiro atoms. The molecule has 2 rings (SSSR count). The van der Waals surface area contributed by atoms with Crippen LogP contribution in [-0.2, 0) is 46.3 Å². The van der Waals surface area contributed by atoms with Gasteiger partial charge in [-0.3, -0.25) is 24.1 Å². The maximum atomic E-state index is 12.3. The molecule has 0 aliphatic carbocycles. The number of unbranched alkanes of at least 4 members (excludes halogenated alkanes) is 2. The standard InChI is InChI=1S/C28H37N3O8/c1-28(2,3)39-27(37)30-22(26(36)38-4)17-20-11-9-19(10-12-20)16-21(32)18-29-23(33)8-6-5-7-15-31-24(34)13-14-25(31)35/h9-14,22H,5-8,15-18H2,1-4H3,(H,29,33)(H,30,37)/t22-/m0/s1. The van der Waals surface area contributed by atoms with Crippen molar-refractivity contribution in [1.82, 2.24) is 15.5 Å². The maximum Gasteiger partial charge on any atom is 0.408 e. The highest BCUT2D eigenvalue weighted by Gasteiger charge is 2.25. The molecule has 1 atom stereocenters. The van der Waals surface area contributed by atoms with E-state index in [1.165, 1.54) is 24.2 Å². The van der Waals surface area contributed by atoms with Crippen molar-refractivity contribution in [2.45, 2.75) is 70.9 Å². The van der Waals surface area contributed by atoms with Crippen molar-refractivity contribution in [3.63, 3.8) is 0 Å². The highest BCUT2D eigenvalue weighted by atomic mass is 16.6. The SMILES string of the molecule is COC(=O)[C@H](Cc1ccc(CC(=O)CNC(=O)CCCCCN2C(=O)C=CC2=O)cc1)NC(=O)OC(C)(C)C. The first kappa shape index (κ1) is 31.2. The van der Waals surface area contributed by atoms with Gasteiger partial charge in [-0.2, -0.15) is 0 Å². The number of amides is 4. The molecule has 212 valence electrons. The molecule has 0 aromatic heterocycles. The minimum Gasteiger partial charge on any atom is -0.467 e. The van der Waals surface area contributed by atoms with Crippen molar-refractivity contribution < 1.29 is 38.2 Å². The predicted octanol–water partition coefficient (Wildman–Crippen LogP) is 2.01. The van der Waals surface area contributed by atoms with E-state index in [0.717, 1.165) is 11.1 Å². The smallest absolute Gasteiger partial charge is 0.408 e. The van der Waals surface area contributed by atoms with Crippen LogP contribution in [0.25, 0.3) is 0 Å². The Morgan fingerprint density at radius 2 is 1.54 bits per heavy atom. The van der Waals surface area contributed by atoms with E-state index in [0.29, 0.717) is 25.8 Å². The fraction of sp³-hybridized carbons (Fsp3) is 0.500. The zero-order chi connectivity index (χ0) is 29.0. The van der Waals surface area contributed by atoms with E-state index in [1.54, 1.807) is 45.0 Å². The molecular weight excluding hydrogens is 506 g/mol. The Morgan fingerprint density at radius 1 is 0.923 bits per heavy atom. The first-order valence-corrected chi connectivity index (χ1v) is 12.8. The lowest BCUT2D eigenvalue weighted by Crippen LogP contribution is -2.45. The van der Waals surface area contributed by atoms with Crippen LogP contribution >= 0.6 is 0 Å². The fourth-order valence-corrected chi connectivity index (χ4v) is 3.77. The van der Waals surface area contributed by atoms with Crippen molar-refractivity contribution >= 4 is 35.6 Å². The van der Waals surface area contributed by atoms with Gasteiger partial charge in [-0.25, -0.2) is 9.59 Å². The highest BCUT2D eigenvalue weighted by Crippen LogP contribution is 2.12. The van der Waals surface area contributed by atoms with Gasteiger partial charge in [0.1, 0.15) is 11.6 Å². The van der Waals surface area contributed by atoms with Crippen molar-refractivity contribution in [2.24, 2.45) is 0 Å². The third kappa shape index (κ3) is 11.5. The van der Waals surface area contributed by atoms with Crippen LogP contribution < -0.4 is 10.6 Å². The summed E-state index contributed by atoms with van der Waals surface area (Å²) in [4.78, 5) is 72.7. The molecule has 2 N–H and O–H groups in total. The Balaban J connectivity index is 1.71. The van der Waals surface area contributed by atoms with Crippen LogP contribution in [0.1, 0.15) is 57.6 Å². The minimum absolute atomic E-state index is 0.0900. The van der Waals surface area contributed by atoms with E-state index in [1.807, 2.05) is 0 Å². The monoisotopic (exact) mass is 543 g/mol. The lowest BCUT2D eigenvalue weighted by molar-refractivity contribution is -0.143. The van der Waals surface area contributed by atoms with Crippen LogP contribution in [0.5, 0.6) is 0 Å². The molecule has 0 unspecified atom stereocenters. The minimum atomic E-state index is -0.935. The van der Waals surface area contributed by atoms with Gasteiger partial charge in [0.05, 0.1) is 13.7 Å². The molecule has 1 aromatic carbocycles. The zero-order valence-corrected chi connectivity index (χ0v) is 22.9. The van der Waals surface area contributed by atoms with Gasteiger partial charge in [0.15, 0.2) is 5.78 Å². The molecular formula is C28H37N3O8. The number of nitrogens with one attached hydrogen (secondary N) is 2. The van der Waals surface area contributed by atoms with Gasteiger partial charge < -0.3 is 20.1 Å². The van der Waals surface area contributed by atoms with E-state index in [4.69, 9.17) is 9.47 Å². The molecule has 1 aromatic rings. The van der Waals surface area contributed by atoms with Crippen molar-refractivity contribution in [3.05, 3.63) is 47.5 Å². The number of hydrogen-bond acceptors (Lipinski definition) is 8. The number of ketones is 1. The number of carbonyl (C=O) groups excluding carboxylic acids is 6. The molecule has 39 heavy (non-hydrogen) atoms. The summed E-state index contributed by atoms with van der Waals surface area (Å²) in [7, 11) is 1.24. The van der Waals surface area contributed by atoms with E-state index in [9.17, 15) is 28.8 Å². The Morgan fingerprint density at radius 3 is 2.13 bits per heavy atom. The molecule has 0 saturated heterocycles. The molecule has 11 heteroatoms. The first-order chi connectivity index (χ1) is 18.4. The fourth-order valence-electron chi connectivity index (χ4n) is 3.77. The average Bonchev–Trinajstić information content (AvgIpc) is 3.18. The second-order valence-electron chi connectivity index (χ2n) is 10.2. The number of nitrogens with zero attached hydrogens (tertiary/aromatic N) is 1. The summed E-state index contributed by atoms with van der Waals surface area (Å²) in [5.41, 5.74) is 0.781. The van der Waals surface area contributed by atoms with Crippen LogP contribution in [0.15, 0.2) is 36.4 Å². The number of alkyl carbamates (subject to hydrolysis) is 1. The predicted molar refractivity (Wildman–Crippen MR) is 141 cm³/mol. The lowest BCUT2D eigenvalue weighted by Gasteiger charge is -2.22. The first-order valence-electron chi connectivity index (χ1n) is 12.8. The Labute approximate surface area is 228 Å². The maximum absolute atomic E-state index is 12.3. The average molecular weight is 544 g/mol. The summed E-state index contributed by atoms with van der Waals surface area (Å²) in [6.07, 6.45) is 4.19. The molecule has 1 aliphatic heterocycles. The molecule has 4 amide bonds. The topological polar surface area (TPSA) is 148 Å². The number of benzene rings is 1. The number of methoxy groups -OCH3 is 1. The number of imide groups is 1. The summed E-state index contributed by atoms with van der Waals surface area (Å²) >= 11 is 0. The normalized spacial score (nSPS) is 13.7. The highest BCUT2D eigenvalue weighted by molar-refractivity contribution is 6.12. The van der Waals surface area contributed by atoms with Gasteiger partial charge in [-0.1, -0.05) is 30.7 Å². The molecule has 1 heterocycles. The van der Waals surface area contributed by atoms with Gasteiger partial charge in [-0.15, -0.1) is 0 Å². The quantitative estimate of drug-likeness (QED) is 0.206. The van der Waals surface area contributed by atoms with E-state index in [2.05, 4.69) is 10.6 Å². The van der Waals surface area contributed by atoms with Crippen LogP contribution in [0.3, 0.4) is 0 Å². The summed E-state index contributed by atoms with van der Waals surface area (Å²) in [5.74, 6) is -1.63. The Kier molecular flexibility index (Phi) is 11.8.